The van der Waals surface area contributed by atoms with Crippen LogP contribution in [0.1, 0.15) is 108 Å². The fourth-order valence-corrected chi connectivity index (χ4v) is 9.28. The number of ketones is 4. The number of nitrogens with one attached hydrogen (secondary N) is 2. The Morgan fingerprint density at radius 2 is 1.58 bits per heavy atom. The standard InChI is InChI=1S/C39H44N2O14/c1-15-11-17-12-23(43)39(54-5)35(49)26-20(34(48)38(39,51)27(17)30(46)24(15)36(50)40-18-9-7-6-8-10-18)13-19-25(29(26)45)22(42)14-21(28(19)44)41-37-33(53-4)31(47)32(52-3)16(2)55-37/h11,13-14,16,18,23,31-33,37,41,43,45-47,51H,6-10,12H2,1-5H3,(H,40,50)/t16-,23+,31+,32-,33+,37-,38-,39+/m0/s1. The summed E-state index contributed by atoms with van der Waals surface area (Å²) >= 11 is 0. The second-order valence-electron chi connectivity index (χ2n) is 14.9. The number of amides is 1. The number of aryl methyl sites for hydroxylation is 1. The minimum Gasteiger partial charge on any atom is -0.507 e. The van der Waals surface area contributed by atoms with Crippen molar-refractivity contribution in [2.45, 2.75) is 106 Å². The average Bonchev–Trinajstić information content (AvgIpc) is 3.13. The van der Waals surface area contributed by atoms with Crippen molar-refractivity contribution in [3.63, 3.8) is 0 Å². The van der Waals surface area contributed by atoms with Gasteiger partial charge in [0.2, 0.25) is 17.3 Å². The maximum atomic E-state index is 14.8. The van der Waals surface area contributed by atoms with Gasteiger partial charge in [0.15, 0.2) is 23.2 Å². The molecule has 294 valence electrons. The Bertz CT molecular complexity index is 2060. The van der Waals surface area contributed by atoms with Gasteiger partial charge in [-0.2, -0.15) is 0 Å². The lowest BCUT2D eigenvalue weighted by molar-refractivity contribution is -0.236. The monoisotopic (exact) mass is 764 g/mol. The molecule has 4 aliphatic carbocycles. The van der Waals surface area contributed by atoms with Gasteiger partial charge in [-0.25, -0.2) is 0 Å². The van der Waals surface area contributed by atoms with E-state index >= 15 is 0 Å². The number of carbonyl (C=O) groups excluding carboxylic acids is 5. The number of ether oxygens (including phenoxy) is 4. The molecule has 1 amide bonds. The Morgan fingerprint density at radius 1 is 0.909 bits per heavy atom. The summed E-state index contributed by atoms with van der Waals surface area (Å²) in [5.41, 5.74) is -9.57. The third-order valence-electron chi connectivity index (χ3n) is 11.9. The van der Waals surface area contributed by atoms with Gasteiger partial charge in [0, 0.05) is 56.6 Å². The lowest BCUT2D eigenvalue weighted by atomic mass is 9.56. The van der Waals surface area contributed by atoms with Crippen LogP contribution in [0.25, 0.3) is 0 Å². The number of aromatic hydroxyl groups is 2. The molecule has 0 unspecified atom stereocenters. The number of hydrogen-bond acceptors (Lipinski definition) is 15. The summed E-state index contributed by atoms with van der Waals surface area (Å²) < 4.78 is 22.2. The Balaban J connectivity index is 1.34. The predicted octanol–water partition coefficient (Wildman–Crippen LogP) is 1.03. The van der Waals surface area contributed by atoms with E-state index in [1.807, 2.05) is 0 Å². The van der Waals surface area contributed by atoms with Crippen LogP contribution in [-0.4, -0.2) is 124 Å². The van der Waals surface area contributed by atoms with Crippen LogP contribution in [0.3, 0.4) is 0 Å². The van der Waals surface area contributed by atoms with Crippen molar-refractivity contribution in [3.05, 3.63) is 68.4 Å². The normalized spacial score (nSPS) is 31.9. The van der Waals surface area contributed by atoms with E-state index in [2.05, 4.69) is 10.6 Å². The Kier molecular flexibility index (Phi) is 9.77. The van der Waals surface area contributed by atoms with Gasteiger partial charge < -0.3 is 55.1 Å². The lowest BCUT2D eigenvalue weighted by Gasteiger charge is -2.53. The molecule has 2 fully saturated rings. The molecule has 16 heteroatoms. The molecule has 1 heterocycles. The molecule has 0 bridgehead atoms. The van der Waals surface area contributed by atoms with E-state index in [0.29, 0.717) is 0 Å². The molecule has 0 spiro atoms. The molecule has 1 saturated carbocycles. The topological polar surface area (TPSA) is 247 Å². The van der Waals surface area contributed by atoms with Crippen LogP contribution in [0, 0.1) is 6.92 Å². The number of aliphatic hydroxyl groups is 3. The van der Waals surface area contributed by atoms with E-state index in [1.54, 1.807) is 13.8 Å². The van der Waals surface area contributed by atoms with Crippen LogP contribution in [0.4, 0.5) is 0 Å². The molecule has 2 aromatic rings. The number of carbonyl (C=O) groups is 5. The summed E-state index contributed by atoms with van der Waals surface area (Å²) in [6.07, 6.45) is -2.19. The number of Topliss-reactive ketones (excluding diaryl/α,β-unsaturated/α-hetero) is 3. The van der Waals surface area contributed by atoms with Gasteiger partial charge >= 0.3 is 0 Å². The van der Waals surface area contributed by atoms with Gasteiger partial charge in [0.25, 0.3) is 5.91 Å². The van der Waals surface area contributed by atoms with Gasteiger partial charge in [-0.3, -0.25) is 24.0 Å². The number of methoxy groups -OCH3 is 3. The Morgan fingerprint density at radius 3 is 2.22 bits per heavy atom. The molecular weight excluding hydrogens is 720 g/mol. The number of aliphatic hydroxyl groups excluding tert-OH is 2. The highest BCUT2D eigenvalue weighted by Gasteiger charge is 2.72. The second kappa shape index (κ2) is 13.9. The summed E-state index contributed by atoms with van der Waals surface area (Å²) in [7, 11) is 3.64. The smallest absolute Gasteiger partial charge is 0.255 e. The predicted molar refractivity (Wildman–Crippen MR) is 189 cm³/mol. The number of rotatable bonds is 7. The number of phenolic OH excluding ortho intramolecular Hbond substituents is 2. The van der Waals surface area contributed by atoms with Gasteiger partial charge in [-0.15, -0.1) is 0 Å². The summed E-state index contributed by atoms with van der Waals surface area (Å²) in [4.78, 5) is 70.9. The molecule has 0 radical (unpaired) electrons. The van der Waals surface area contributed by atoms with E-state index in [-0.39, 0.29) is 28.4 Å². The molecule has 8 atom stereocenters. The van der Waals surface area contributed by atoms with E-state index in [0.717, 1.165) is 51.4 Å². The number of hydrogen-bond donors (Lipinski definition) is 7. The van der Waals surface area contributed by atoms with Gasteiger partial charge in [-0.05, 0) is 43.9 Å². The van der Waals surface area contributed by atoms with Gasteiger partial charge in [0.05, 0.1) is 34.6 Å². The van der Waals surface area contributed by atoms with E-state index in [9.17, 15) is 49.5 Å². The molecule has 1 saturated heterocycles. The van der Waals surface area contributed by atoms with Gasteiger partial charge in [-0.1, -0.05) is 25.3 Å². The van der Waals surface area contributed by atoms with Crippen LogP contribution in [0.5, 0.6) is 11.5 Å². The third kappa shape index (κ3) is 5.41. The molecule has 16 nitrogen and oxygen atoms in total. The number of fused-ring (bicyclic) bond motifs is 5. The zero-order valence-corrected chi connectivity index (χ0v) is 30.9. The Hall–Kier alpha value is -4.55. The van der Waals surface area contributed by atoms with E-state index in [1.165, 1.54) is 20.3 Å². The zero-order valence-electron chi connectivity index (χ0n) is 30.9. The first-order chi connectivity index (χ1) is 26.1. The summed E-state index contributed by atoms with van der Waals surface area (Å²) in [5.74, 6) is -7.08. The highest BCUT2D eigenvalue weighted by atomic mass is 16.6. The van der Waals surface area contributed by atoms with Crippen LogP contribution >= 0.6 is 0 Å². The largest absolute Gasteiger partial charge is 0.507 e. The van der Waals surface area contributed by atoms with Crippen LogP contribution in [0.15, 0.2) is 23.9 Å². The molecule has 55 heavy (non-hydrogen) atoms. The minimum atomic E-state index is -3.21. The fraction of sp³-hybridized carbons (Fsp3) is 0.513. The third-order valence-corrected chi connectivity index (χ3v) is 11.9. The van der Waals surface area contributed by atoms with E-state index in [4.69, 9.17) is 18.9 Å². The highest BCUT2D eigenvalue weighted by molar-refractivity contribution is 6.31. The molecule has 1 aliphatic heterocycles. The molecule has 7 rings (SSSR count). The Labute approximate surface area is 315 Å². The average molecular weight is 765 g/mol. The SMILES string of the molecule is CO[C@@H]1[C@@H](O)[C@@H](OC)[C@@H](NC2=CC(=O)c3c(cc4c(c3O)C(=O)[C@]3(OC)[C@H](O)Cc5cc(C)c(C(=O)NC6CCCCC6)c(O)c5[C@]3(O)C4=O)C2=O)O[C@H]1C. The highest BCUT2D eigenvalue weighted by Crippen LogP contribution is 2.56. The van der Waals surface area contributed by atoms with Crippen molar-refractivity contribution in [2.75, 3.05) is 21.3 Å². The molecule has 2 aromatic carbocycles. The van der Waals surface area contributed by atoms with Crippen molar-refractivity contribution < 1.29 is 68.5 Å². The number of benzene rings is 2. The summed E-state index contributed by atoms with van der Waals surface area (Å²) in [5, 5.41) is 64.3. The van der Waals surface area contributed by atoms with E-state index < -0.39 is 123 Å². The van der Waals surface area contributed by atoms with Gasteiger partial charge in [0.1, 0.15) is 29.8 Å². The fourth-order valence-electron chi connectivity index (χ4n) is 9.28. The second-order valence-corrected chi connectivity index (χ2v) is 14.9. The zero-order chi connectivity index (χ0) is 39.9. The first-order valence-corrected chi connectivity index (χ1v) is 18.2. The first kappa shape index (κ1) is 38.7. The van der Waals surface area contributed by atoms with Crippen molar-refractivity contribution in [2.24, 2.45) is 0 Å². The quantitative estimate of drug-likeness (QED) is 0.208. The molecule has 5 aliphatic rings. The van der Waals surface area contributed by atoms with Crippen LogP contribution < -0.4 is 10.6 Å². The molecular formula is C39H44N2O14. The first-order valence-electron chi connectivity index (χ1n) is 18.2. The maximum Gasteiger partial charge on any atom is 0.255 e. The van der Waals surface area contributed by atoms with Crippen molar-refractivity contribution in [3.8, 4) is 11.5 Å². The van der Waals surface area contributed by atoms with Crippen molar-refractivity contribution >= 4 is 29.0 Å². The van der Waals surface area contributed by atoms with Crippen LogP contribution in [-0.2, 0) is 31.0 Å². The number of allylic oxidation sites excluding steroid dienone is 2. The summed E-state index contributed by atoms with van der Waals surface area (Å²) in [6.45, 7) is 3.17. The molecule has 7 N–H and O–H groups in total. The van der Waals surface area contributed by atoms with Crippen molar-refractivity contribution in [1.82, 2.24) is 10.6 Å². The summed E-state index contributed by atoms with van der Waals surface area (Å²) in [6, 6.07) is 2.14. The number of phenols is 2. The lowest BCUT2D eigenvalue weighted by Crippen LogP contribution is -2.73. The molecule has 0 aromatic heterocycles. The van der Waals surface area contributed by atoms with Crippen LogP contribution in [0.2, 0.25) is 0 Å². The maximum absolute atomic E-state index is 14.8. The van der Waals surface area contributed by atoms with Crippen molar-refractivity contribution in [1.29, 1.82) is 0 Å². The minimum absolute atomic E-state index is 0.0478.